The van der Waals surface area contributed by atoms with Crippen LogP contribution in [-0.2, 0) is 0 Å². The molecule has 1 heterocycles. The summed E-state index contributed by atoms with van der Waals surface area (Å²) in [6.45, 7) is 1.80. The molecule has 17 heavy (non-hydrogen) atoms. The van der Waals surface area contributed by atoms with E-state index in [0.717, 1.165) is 5.56 Å². The van der Waals surface area contributed by atoms with Gasteiger partial charge in [-0.15, -0.1) is 0 Å². The smallest absolute Gasteiger partial charge is 0.228 e. The number of benzene rings is 1. The molecule has 3 nitrogen and oxygen atoms in total. The van der Waals surface area contributed by atoms with Crippen molar-refractivity contribution in [2.45, 2.75) is 6.92 Å². The normalized spacial score (nSPS) is 10.3. The average Bonchev–Trinajstić information content (AvgIpc) is 2.22. The van der Waals surface area contributed by atoms with Gasteiger partial charge < -0.3 is 5.32 Å². The second-order valence-electron chi connectivity index (χ2n) is 3.58. The van der Waals surface area contributed by atoms with E-state index in [1.807, 2.05) is 0 Å². The highest BCUT2D eigenvalue weighted by molar-refractivity contribution is 6.44. The molecule has 0 spiro atoms. The Morgan fingerprint density at radius 3 is 2.76 bits per heavy atom. The molecular weight excluding hydrogens is 239 g/mol. The topological polar surface area (TPSA) is 37.8 Å². The van der Waals surface area contributed by atoms with Gasteiger partial charge in [-0.2, -0.15) is 0 Å². The second-order valence-corrected chi connectivity index (χ2v) is 3.94. The molecule has 0 aliphatic carbocycles. The van der Waals surface area contributed by atoms with Gasteiger partial charge in [0.25, 0.3) is 0 Å². The van der Waals surface area contributed by atoms with Crippen molar-refractivity contribution in [3.05, 3.63) is 40.9 Å². The van der Waals surface area contributed by atoms with E-state index in [1.165, 1.54) is 18.3 Å². The Balaban J connectivity index is 2.28. The van der Waals surface area contributed by atoms with Gasteiger partial charge >= 0.3 is 0 Å². The van der Waals surface area contributed by atoms with Crippen LogP contribution in [-0.4, -0.2) is 17.8 Å². The zero-order valence-electron chi connectivity index (χ0n) is 9.04. The number of hydrogen-bond donors (Lipinski definition) is 1. The predicted molar refractivity (Wildman–Crippen MR) is 66.8 cm³/mol. The maximum atomic E-state index is 13.1. The Bertz CT molecular complexity index is 542. The van der Waals surface area contributed by atoms with Gasteiger partial charge in [0.2, 0.25) is 5.95 Å². The first-order chi connectivity index (χ1) is 8.04. The van der Waals surface area contributed by atoms with Crippen LogP contribution < -0.4 is 10.8 Å². The standard InChI is InChI=1S/C11H8BClFN3/c1-6-2-7(14)4-8(3-6)16-11-15-5-9(12)10(13)17-11/h2-5H,1H3,(H,15,16,17). The van der Waals surface area contributed by atoms with Gasteiger partial charge in [-0.3, -0.25) is 0 Å². The quantitative estimate of drug-likeness (QED) is 0.652. The number of anilines is 2. The highest BCUT2D eigenvalue weighted by Gasteiger charge is 2.03. The fourth-order valence-corrected chi connectivity index (χ4v) is 1.50. The van der Waals surface area contributed by atoms with Crippen LogP contribution in [0.15, 0.2) is 24.4 Å². The molecular formula is C11H8BClFN3. The van der Waals surface area contributed by atoms with Crippen LogP contribution in [0.5, 0.6) is 0 Å². The molecule has 0 atom stereocenters. The molecule has 0 bridgehead atoms. The van der Waals surface area contributed by atoms with Crippen molar-refractivity contribution in [2.24, 2.45) is 0 Å². The van der Waals surface area contributed by atoms with Crippen LogP contribution in [0.4, 0.5) is 16.0 Å². The van der Waals surface area contributed by atoms with Crippen molar-refractivity contribution in [3.63, 3.8) is 0 Å². The van der Waals surface area contributed by atoms with Crippen molar-refractivity contribution in [1.82, 2.24) is 9.97 Å². The lowest BCUT2D eigenvalue weighted by Gasteiger charge is -2.07. The third kappa shape index (κ3) is 2.94. The Morgan fingerprint density at radius 2 is 2.12 bits per heavy atom. The van der Waals surface area contributed by atoms with Gasteiger partial charge in [0.05, 0.1) is 0 Å². The Hall–Kier alpha value is -1.62. The van der Waals surface area contributed by atoms with Gasteiger partial charge in [-0.25, -0.2) is 14.4 Å². The molecule has 0 aliphatic rings. The van der Waals surface area contributed by atoms with E-state index in [1.54, 1.807) is 13.0 Å². The fourth-order valence-electron chi connectivity index (χ4n) is 1.37. The first-order valence-corrected chi connectivity index (χ1v) is 5.24. The predicted octanol–water partition coefficient (Wildman–Crippen LogP) is 2.11. The molecule has 1 N–H and O–H groups in total. The first-order valence-electron chi connectivity index (χ1n) is 4.87. The van der Waals surface area contributed by atoms with E-state index in [2.05, 4.69) is 15.3 Å². The highest BCUT2D eigenvalue weighted by atomic mass is 35.5. The third-order valence-electron chi connectivity index (χ3n) is 2.07. The monoisotopic (exact) mass is 247 g/mol. The summed E-state index contributed by atoms with van der Waals surface area (Å²) in [5.41, 5.74) is 1.66. The molecule has 84 valence electrons. The largest absolute Gasteiger partial charge is 0.324 e. The number of nitrogens with one attached hydrogen (secondary N) is 1. The minimum Gasteiger partial charge on any atom is -0.324 e. The van der Waals surface area contributed by atoms with Crippen LogP contribution in [0.1, 0.15) is 5.56 Å². The van der Waals surface area contributed by atoms with E-state index >= 15 is 0 Å². The highest BCUT2D eigenvalue weighted by Crippen LogP contribution is 2.17. The Labute approximate surface area is 104 Å². The molecule has 0 saturated carbocycles. The Kier molecular flexibility index (Phi) is 3.29. The Morgan fingerprint density at radius 1 is 1.35 bits per heavy atom. The van der Waals surface area contributed by atoms with Crippen molar-refractivity contribution >= 4 is 36.5 Å². The molecule has 1 aromatic carbocycles. The lowest BCUT2D eigenvalue weighted by Crippen LogP contribution is -2.09. The summed E-state index contributed by atoms with van der Waals surface area (Å²) < 4.78 is 13.1. The number of aromatic nitrogens is 2. The van der Waals surface area contributed by atoms with Gasteiger partial charge in [0.1, 0.15) is 18.8 Å². The lowest BCUT2D eigenvalue weighted by atomic mass is 10.0. The van der Waals surface area contributed by atoms with Crippen LogP contribution >= 0.6 is 11.6 Å². The summed E-state index contributed by atoms with van der Waals surface area (Å²) >= 11 is 5.75. The SMILES string of the molecule is [B]c1cnc(Nc2cc(C)cc(F)c2)nc1Cl. The van der Waals surface area contributed by atoms with Gasteiger partial charge in [0, 0.05) is 11.9 Å². The summed E-state index contributed by atoms with van der Waals surface area (Å²) in [6, 6.07) is 4.55. The first kappa shape index (κ1) is 11.9. The third-order valence-corrected chi connectivity index (χ3v) is 2.37. The number of aryl methyl sites for hydroxylation is 1. The maximum Gasteiger partial charge on any atom is 0.228 e. The number of hydrogen-bond acceptors (Lipinski definition) is 3. The summed E-state index contributed by atoms with van der Waals surface area (Å²) in [6.07, 6.45) is 1.39. The summed E-state index contributed by atoms with van der Waals surface area (Å²) in [7, 11) is 5.49. The number of nitrogens with zero attached hydrogens (tertiary/aromatic N) is 2. The molecule has 2 radical (unpaired) electrons. The van der Waals surface area contributed by atoms with Crippen LogP contribution in [0.2, 0.25) is 5.15 Å². The molecule has 6 heteroatoms. The van der Waals surface area contributed by atoms with Crippen LogP contribution in [0.3, 0.4) is 0 Å². The molecule has 0 fully saturated rings. The number of rotatable bonds is 2. The van der Waals surface area contributed by atoms with Crippen molar-refractivity contribution in [1.29, 1.82) is 0 Å². The molecule has 0 amide bonds. The molecule has 2 rings (SSSR count). The fraction of sp³-hybridized carbons (Fsp3) is 0.0909. The van der Waals surface area contributed by atoms with Gasteiger partial charge in [0.15, 0.2) is 0 Å². The van der Waals surface area contributed by atoms with Crippen LogP contribution in [0.25, 0.3) is 0 Å². The minimum atomic E-state index is -0.325. The number of halogens is 2. The lowest BCUT2D eigenvalue weighted by molar-refractivity contribution is 0.627. The second kappa shape index (κ2) is 4.71. The van der Waals surface area contributed by atoms with E-state index in [9.17, 15) is 4.39 Å². The molecule has 2 aromatic rings. The van der Waals surface area contributed by atoms with Crippen LogP contribution in [0, 0.1) is 12.7 Å². The van der Waals surface area contributed by atoms with Crippen molar-refractivity contribution in [2.75, 3.05) is 5.32 Å². The summed E-state index contributed by atoms with van der Waals surface area (Å²) in [4.78, 5) is 7.86. The van der Waals surface area contributed by atoms with Crippen molar-refractivity contribution in [3.8, 4) is 0 Å². The zero-order valence-corrected chi connectivity index (χ0v) is 9.79. The van der Waals surface area contributed by atoms with Gasteiger partial charge in [-0.1, -0.05) is 11.6 Å². The summed E-state index contributed by atoms with van der Waals surface area (Å²) in [5.74, 6) is -0.0526. The molecule has 1 aromatic heterocycles. The average molecular weight is 247 g/mol. The summed E-state index contributed by atoms with van der Waals surface area (Å²) in [5, 5.41) is 3.01. The van der Waals surface area contributed by atoms with Gasteiger partial charge in [-0.05, 0) is 36.1 Å². The molecule has 0 saturated heterocycles. The molecule has 0 aliphatic heterocycles. The minimum absolute atomic E-state index is 0.163. The van der Waals surface area contributed by atoms with Crippen molar-refractivity contribution < 1.29 is 4.39 Å². The zero-order chi connectivity index (χ0) is 12.4. The van der Waals surface area contributed by atoms with E-state index in [-0.39, 0.29) is 16.9 Å². The maximum absolute atomic E-state index is 13.1. The van der Waals surface area contributed by atoms with E-state index < -0.39 is 0 Å². The molecule has 0 unspecified atom stereocenters. The van der Waals surface area contributed by atoms with E-state index in [0.29, 0.717) is 11.2 Å². The van der Waals surface area contributed by atoms with E-state index in [4.69, 9.17) is 19.4 Å².